The smallest absolute Gasteiger partial charge is 0.251 e. The predicted molar refractivity (Wildman–Crippen MR) is 102 cm³/mol. The minimum atomic E-state index is -0.341. The summed E-state index contributed by atoms with van der Waals surface area (Å²) < 4.78 is 5.73. The Bertz CT molecular complexity index is 599. The monoisotopic (exact) mass is 381 g/mol. The molecule has 1 aromatic carbocycles. The maximum absolute atomic E-state index is 12.6. The van der Waals surface area contributed by atoms with Crippen LogP contribution in [0.25, 0.3) is 0 Å². The van der Waals surface area contributed by atoms with Gasteiger partial charge < -0.3 is 20.7 Å². The van der Waals surface area contributed by atoms with Crippen molar-refractivity contribution in [1.82, 2.24) is 10.2 Å². The fourth-order valence-corrected chi connectivity index (χ4v) is 3.62. The average molecular weight is 382 g/mol. The lowest BCUT2D eigenvalue weighted by Crippen LogP contribution is -2.47. The number of hydrogen-bond acceptors (Lipinski definition) is 4. The first-order chi connectivity index (χ1) is 12.2. The van der Waals surface area contributed by atoms with E-state index in [1.54, 1.807) is 12.1 Å². The number of halogens is 1. The van der Waals surface area contributed by atoms with Gasteiger partial charge in [0.15, 0.2) is 0 Å². The summed E-state index contributed by atoms with van der Waals surface area (Å²) in [7, 11) is 0. The molecule has 6 nitrogen and oxygen atoms in total. The number of ether oxygens (including phenoxy) is 1. The number of benzene rings is 1. The molecule has 2 saturated heterocycles. The SMILES string of the molecule is Cl.NC[C@H]1CC[C@@H](C(=O)N2CCCC(CNC(=O)c3ccccc3)C2)O1. The van der Waals surface area contributed by atoms with E-state index in [0.717, 1.165) is 32.2 Å². The van der Waals surface area contributed by atoms with E-state index in [9.17, 15) is 9.59 Å². The molecule has 0 radical (unpaired) electrons. The summed E-state index contributed by atoms with van der Waals surface area (Å²) in [5.74, 6) is 0.307. The van der Waals surface area contributed by atoms with Crippen LogP contribution in [0.15, 0.2) is 30.3 Å². The number of piperidine rings is 1. The molecule has 0 aromatic heterocycles. The number of nitrogens with zero attached hydrogens (tertiary/aromatic N) is 1. The number of nitrogens with one attached hydrogen (secondary N) is 1. The van der Waals surface area contributed by atoms with Gasteiger partial charge >= 0.3 is 0 Å². The minimum absolute atomic E-state index is 0. The van der Waals surface area contributed by atoms with Crippen molar-refractivity contribution in [3.63, 3.8) is 0 Å². The van der Waals surface area contributed by atoms with Crippen molar-refractivity contribution in [3.05, 3.63) is 35.9 Å². The van der Waals surface area contributed by atoms with E-state index >= 15 is 0 Å². The Hall–Kier alpha value is -1.63. The van der Waals surface area contributed by atoms with Gasteiger partial charge in [-0.15, -0.1) is 12.4 Å². The molecule has 2 aliphatic heterocycles. The Labute approximate surface area is 160 Å². The van der Waals surface area contributed by atoms with Crippen molar-refractivity contribution in [1.29, 1.82) is 0 Å². The van der Waals surface area contributed by atoms with E-state index in [1.165, 1.54) is 0 Å². The molecule has 0 spiro atoms. The third kappa shape index (κ3) is 5.19. The average Bonchev–Trinajstić information content (AvgIpc) is 3.15. The molecular weight excluding hydrogens is 354 g/mol. The maximum Gasteiger partial charge on any atom is 0.251 e. The first-order valence-electron chi connectivity index (χ1n) is 9.15. The van der Waals surface area contributed by atoms with Crippen LogP contribution in [0.3, 0.4) is 0 Å². The highest BCUT2D eigenvalue weighted by Gasteiger charge is 2.34. The van der Waals surface area contributed by atoms with Crippen molar-refractivity contribution in [2.75, 3.05) is 26.2 Å². The summed E-state index contributed by atoms with van der Waals surface area (Å²) in [6.07, 6.45) is 3.27. The van der Waals surface area contributed by atoms with Crippen LogP contribution in [0.1, 0.15) is 36.0 Å². The molecule has 2 fully saturated rings. The summed E-state index contributed by atoms with van der Waals surface area (Å²) in [5.41, 5.74) is 6.29. The number of carbonyl (C=O) groups is 2. The molecule has 7 heteroatoms. The second kappa shape index (κ2) is 9.90. The van der Waals surface area contributed by atoms with Crippen LogP contribution in [-0.2, 0) is 9.53 Å². The summed E-state index contributed by atoms with van der Waals surface area (Å²) in [6.45, 7) is 2.52. The molecule has 144 valence electrons. The highest BCUT2D eigenvalue weighted by atomic mass is 35.5. The highest BCUT2D eigenvalue weighted by Crippen LogP contribution is 2.23. The number of hydrogen-bond donors (Lipinski definition) is 2. The molecule has 2 heterocycles. The zero-order valence-corrected chi connectivity index (χ0v) is 15.7. The van der Waals surface area contributed by atoms with Crippen molar-refractivity contribution in [3.8, 4) is 0 Å². The van der Waals surface area contributed by atoms with Crippen molar-refractivity contribution in [2.24, 2.45) is 11.7 Å². The Morgan fingerprint density at radius 2 is 1.96 bits per heavy atom. The van der Waals surface area contributed by atoms with Crippen LogP contribution in [-0.4, -0.2) is 55.1 Å². The van der Waals surface area contributed by atoms with Crippen LogP contribution in [0, 0.1) is 5.92 Å². The van der Waals surface area contributed by atoms with Gasteiger partial charge in [-0.2, -0.15) is 0 Å². The van der Waals surface area contributed by atoms with Gasteiger partial charge in [0.05, 0.1) is 6.10 Å². The van der Waals surface area contributed by atoms with Gasteiger partial charge in [-0.3, -0.25) is 9.59 Å². The Kier molecular flexibility index (Phi) is 7.87. The van der Waals surface area contributed by atoms with Crippen LogP contribution in [0.4, 0.5) is 0 Å². The van der Waals surface area contributed by atoms with Crippen LogP contribution >= 0.6 is 12.4 Å². The first-order valence-corrected chi connectivity index (χ1v) is 9.15. The van der Waals surface area contributed by atoms with E-state index in [0.29, 0.717) is 25.2 Å². The fraction of sp³-hybridized carbons (Fsp3) is 0.579. The standard InChI is InChI=1S/C19H27N3O3.ClH/c20-11-16-8-9-17(25-16)19(24)22-10-4-5-14(13-22)12-21-18(23)15-6-2-1-3-7-15;/h1-3,6-7,14,16-17H,4-5,8-13,20H2,(H,21,23);1H/t14?,16-,17+;/m1./s1. The first kappa shape index (κ1) is 20.7. The number of likely N-dealkylation sites (tertiary alicyclic amines) is 1. The summed E-state index contributed by atoms with van der Waals surface area (Å²) in [4.78, 5) is 26.7. The molecule has 2 amide bonds. The quantitative estimate of drug-likeness (QED) is 0.811. The minimum Gasteiger partial charge on any atom is -0.364 e. The normalized spacial score (nSPS) is 25.4. The lowest BCUT2D eigenvalue weighted by molar-refractivity contribution is -0.144. The molecule has 1 unspecified atom stereocenters. The van der Waals surface area contributed by atoms with Crippen LogP contribution in [0.5, 0.6) is 0 Å². The number of amides is 2. The van der Waals surface area contributed by atoms with Crippen molar-refractivity contribution >= 4 is 24.2 Å². The molecular formula is C19H28ClN3O3. The molecule has 0 bridgehead atoms. The summed E-state index contributed by atoms with van der Waals surface area (Å²) in [5, 5.41) is 2.99. The summed E-state index contributed by atoms with van der Waals surface area (Å²) >= 11 is 0. The highest BCUT2D eigenvalue weighted by molar-refractivity contribution is 5.94. The Morgan fingerprint density at radius 1 is 1.19 bits per heavy atom. The number of carbonyl (C=O) groups excluding carboxylic acids is 2. The van der Waals surface area contributed by atoms with Gasteiger partial charge in [0.25, 0.3) is 11.8 Å². The lowest BCUT2D eigenvalue weighted by atomic mass is 9.97. The second-order valence-corrected chi connectivity index (χ2v) is 6.93. The Balaban J connectivity index is 0.00000243. The summed E-state index contributed by atoms with van der Waals surface area (Å²) in [6, 6.07) is 9.20. The van der Waals surface area contributed by atoms with Gasteiger partial charge in [-0.05, 0) is 43.7 Å². The van der Waals surface area contributed by atoms with Crippen LogP contribution in [0.2, 0.25) is 0 Å². The third-order valence-corrected chi connectivity index (χ3v) is 5.06. The van der Waals surface area contributed by atoms with E-state index in [-0.39, 0.29) is 42.3 Å². The van der Waals surface area contributed by atoms with Gasteiger partial charge in [0, 0.05) is 31.7 Å². The fourth-order valence-electron chi connectivity index (χ4n) is 3.62. The van der Waals surface area contributed by atoms with E-state index in [4.69, 9.17) is 10.5 Å². The van der Waals surface area contributed by atoms with Crippen LogP contribution < -0.4 is 11.1 Å². The van der Waals surface area contributed by atoms with Crippen molar-refractivity contribution in [2.45, 2.75) is 37.9 Å². The maximum atomic E-state index is 12.6. The molecule has 3 rings (SSSR count). The largest absolute Gasteiger partial charge is 0.364 e. The molecule has 26 heavy (non-hydrogen) atoms. The molecule has 0 saturated carbocycles. The topological polar surface area (TPSA) is 84.7 Å². The molecule has 3 N–H and O–H groups in total. The van der Waals surface area contributed by atoms with E-state index in [2.05, 4.69) is 5.32 Å². The third-order valence-electron chi connectivity index (χ3n) is 5.06. The van der Waals surface area contributed by atoms with Gasteiger partial charge in [-0.25, -0.2) is 0 Å². The number of nitrogens with two attached hydrogens (primary N) is 1. The second-order valence-electron chi connectivity index (χ2n) is 6.93. The molecule has 0 aliphatic carbocycles. The van der Waals surface area contributed by atoms with Gasteiger partial charge in [0.2, 0.25) is 0 Å². The lowest BCUT2D eigenvalue weighted by Gasteiger charge is -2.34. The predicted octanol–water partition coefficient (Wildman–Crippen LogP) is 1.58. The van der Waals surface area contributed by atoms with Gasteiger partial charge in [-0.1, -0.05) is 18.2 Å². The van der Waals surface area contributed by atoms with E-state index in [1.807, 2.05) is 23.1 Å². The Morgan fingerprint density at radius 3 is 2.65 bits per heavy atom. The van der Waals surface area contributed by atoms with Gasteiger partial charge in [0.1, 0.15) is 6.10 Å². The van der Waals surface area contributed by atoms with E-state index < -0.39 is 0 Å². The molecule has 1 aromatic rings. The number of rotatable bonds is 5. The molecule has 3 atom stereocenters. The zero-order chi connectivity index (χ0) is 17.6. The zero-order valence-electron chi connectivity index (χ0n) is 14.9. The van der Waals surface area contributed by atoms with Crippen molar-refractivity contribution < 1.29 is 14.3 Å². The molecule has 2 aliphatic rings.